The number of nitrogens with zero attached hydrogens (tertiary/aromatic N) is 1. The van der Waals surface area contributed by atoms with E-state index in [1.165, 1.54) is 4.57 Å². The second kappa shape index (κ2) is 16.5. The summed E-state index contributed by atoms with van der Waals surface area (Å²) in [5.74, 6) is -0.875. The fraction of sp³-hybridized carbons (Fsp3) is 0.294. The molecule has 0 fully saturated rings. The Kier molecular flexibility index (Phi) is 12.5. The highest BCUT2D eigenvalue weighted by molar-refractivity contribution is 6.67. The van der Waals surface area contributed by atoms with E-state index < -0.39 is 46.5 Å². The lowest BCUT2D eigenvalue weighted by Gasteiger charge is -2.20. The molecular formula is C34H34Cl3N3O7. The van der Waals surface area contributed by atoms with E-state index in [9.17, 15) is 19.2 Å². The van der Waals surface area contributed by atoms with E-state index in [1.54, 1.807) is 60.8 Å². The number of aromatic nitrogens is 1. The molecule has 2 atom stereocenters. The Morgan fingerprint density at radius 2 is 1.38 bits per heavy atom. The first kappa shape index (κ1) is 35.6. The number of alkyl carbamates (subject to hydrolysis) is 2. The molecule has 4 rings (SSSR count). The molecule has 0 radical (unpaired) electrons. The number of para-hydroxylation sites is 2. The molecular weight excluding hydrogens is 669 g/mol. The lowest BCUT2D eigenvalue weighted by atomic mass is 10.0. The average Bonchev–Trinajstić information content (AvgIpc) is 3.40. The summed E-state index contributed by atoms with van der Waals surface area (Å²) in [4.78, 5) is 52.8. The second-order valence-electron chi connectivity index (χ2n) is 11.1. The zero-order chi connectivity index (χ0) is 34.0. The zero-order valence-corrected chi connectivity index (χ0v) is 27.9. The van der Waals surface area contributed by atoms with Gasteiger partial charge in [0.05, 0.1) is 5.52 Å². The highest BCUT2D eigenvalue weighted by Crippen LogP contribution is 2.27. The first-order valence-corrected chi connectivity index (χ1v) is 15.9. The number of alkyl halides is 3. The van der Waals surface area contributed by atoms with Crippen LogP contribution < -0.4 is 15.4 Å². The Balaban J connectivity index is 1.59. The van der Waals surface area contributed by atoms with E-state index in [1.807, 2.05) is 44.2 Å². The molecule has 248 valence electrons. The molecule has 0 aliphatic carbocycles. The minimum absolute atomic E-state index is 0.0451. The van der Waals surface area contributed by atoms with Crippen LogP contribution in [0.25, 0.3) is 10.9 Å². The van der Waals surface area contributed by atoms with Crippen molar-refractivity contribution in [3.05, 3.63) is 102 Å². The van der Waals surface area contributed by atoms with Gasteiger partial charge in [-0.05, 0) is 41.7 Å². The van der Waals surface area contributed by atoms with Crippen molar-refractivity contribution in [2.24, 2.45) is 5.92 Å². The fourth-order valence-electron chi connectivity index (χ4n) is 4.78. The first-order valence-electron chi connectivity index (χ1n) is 14.8. The summed E-state index contributed by atoms with van der Waals surface area (Å²) in [6.07, 6.45) is 0.0849. The van der Waals surface area contributed by atoms with Crippen molar-refractivity contribution in [1.29, 1.82) is 0 Å². The molecule has 47 heavy (non-hydrogen) atoms. The topological polar surface area (TPSA) is 125 Å². The molecule has 0 unspecified atom stereocenters. The van der Waals surface area contributed by atoms with E-state index in [-0.39, 0.29) is 24.7 Å². The maximum absolute atomic E-state index is 14.0. The molecule has 3 aromatic carbocycles. The van der Waals surface area contributed by atoms with Gasteiger partial charge in [0.15, 0.2) is 0 Å². The lowest BCUT2D eigenvalue weighted by molar-refractivity contribution is -0.136. The van der Waals surface area contributed by atoms with Gasteiger partial charge in [0.2, 0.25) is 3.79 Å². The summed E-state index contributed by atoms with van der Waals surface area (Å²) in [6, 6.07) is 22.4. The Bertz CT molecular complexity index is 1670. The Morgan fingerprint density at radius 1 is 0.787 bits per heavy atom. The van der Waals surface area contributed by atoms with Crippen LogP contribution >= 0.6 is 34.8 Å². The number of benzene rings is 3. The van der Waals surface area contributed by atoms with Gasteiger partial charge in [-0.15, -0.1) is 0 Å². The quantitative estimate of drug-likeness (QED) is 0.0906. The molecule has 1 aromatic heterocycles. The standard InChI is InChI=1S/C34H34Cl3N3O7/c1-22(2)17-27(38-32(43)45-20-23-11-5-3-6-12-23)30(41)40-19-24(26-15-9-10-16-29(26)40)18-28(39-33(44)46-21-34(35,36)37)31(42)47-25-13-7-4-8-14-25/h3-16,19,22,27-28H,17-18,20-21H2,1-2H3,(H,38,43)(H,39,44)/t27-,28-/m0/s1. The molecule has 4 aromatic rings. The van der Waals surface area contributed by atoms with Crippen molar-refractivity contribution in [2.75, 3.05) is 6.61 Å². The Morgan fingerprint density at radius 3 is 2.04 bits per heavy atom. The minimum atomic E-state index is -1.86. The van der Waals surface area contributed by atoms with Gasteiger partial charge in [-0.25, -0.2) is 14.4 Å². The van der Waals surface area contributed by atoms with Crippen LogP contribution in [0.2, 0.25) is 0 Å². The van der Waals surface area contributed by atoms with Crippen LogP contribution in [0.5, 0.6) is 5.75 Å². The van der Waals surface area contributed by atoms with Gasteiger partial charge in [-0.1, -0.05) is 115 Å². The van der Waals surface area contributed by atoms with Gasteiger partial charge >= 0.3 is 18.2 Å². The van der Waals surface area contributed by atoms with Crippen molar-refractivity contribution < 1.29 is 33.4 Å². The Labute approximate surface area is 287 Å². The highest BCUT2D eigenvalue weighted by atomic mass is 35.6. The molecule has 1 heterocycles. The van der Waals surface area contributed by atoms with Gasteiger partial charge in [-0.2, -0.15) is 0 Å². The third-order valence-corrected chi connectivity index (χ3v) is 7.20. The summed E-state index contributed by atoms with van der Waals surface area (Å²) in [5.41, 5.74) is 1.89. The summed E-state index contributed by atoms with van der Waals surface area (Å²) in [6.45, 7) is 3.36. The van der Waals surface area contributed by atoms with Crippen LogP contribution in [-0.4, -0.2) is 51.1 Å². The van der Waals surface area contributed by atoms with Crippen LogP contribution in [0, 0.1) is 5.92 Å². The molecule has 13 heteroatoms. The van der Waals surface area contributed by atoms with Crippen LogP contribution in [0.4, 0.5) is 9.59 Å². The van der Waals surface area contributed by atoms with Gasteiger partial charge in [0.25, 0.3) is 5.91 Å². The van der Waals surface area contributed by atoms with E-state index >= 15 is 0 Å². The van der Waals surface area contributed by atoms with Crippen molar-refractivity contribution in [2.45, 2.75) is 49.2 Å². The normalized spacial score (nSPS) is 12.6. The fourth-order valence-corrected chi connectivity index (χ4v) is 4.95. The van der Waals surface area contributed by atoms with Crippen LogP contribution in [0.1, 0.15) is 36.2 Å². The number of ether oxygens (including phenoxy) is 3. The maximum atomic E-state index is 14.0. The predicted octanol–water partition coefficient (Wildman–Crippen LogP) is 7.24. The maximum Gasteiger partial charge on any atom is 0.408 e. The number of hydrogen-bond donors (Lipinski definition) is 2. The van der Waals surface area contributed by atoms with E-state index in [0.29, 0.717) is 22.9 Å². The minimum Gasteiger partial charge on any atom is -0.445 e. The first-order chi connectivity index (χ1) is 22.4. The third kappa shape index (κ3) is 10.9. The third-order valence-electron chi connectivity index (χ3n) is 6.87. The molecule has 2 amide bonds. The molecule has 0 saturated heterocycles. The number of halogens is 3. The lowest BCUT2D eigenvalue weighted by Crippen LogP contribution is -2.45. The number of nitrogens with one attached hydrogen (secondary N) is 2. The number of carbonyl (C=O) groups excluding carboxylic acids is 4. The molecule has 0 spiro atoms. The van der Waals surface area contributed by atoms with Crippen molar-refractivity contribution in [3.8, 4) is 5.75 Å². The molecule has 0 aliphatic rings. The highest BCUT2D eigenvalue weighted by Gasteiger charge is 2.30. The zero-order valence-electron chi connectivity index (χ0n) is 25.7. The molecule has 0 saturated carbocycles. The largest absolute Gasteiger partial charge is 0.445 e. The van der Waals surface area contributed by atoms with Crippen LogP contribution in [0.15, 0.2) is 91.1 Å². The smallest absolute Gasteiger partial charge is 0.408 e. The summed E-state index contributed by atoms with van der Waals surface area (Å²) in [7, 11) is 0. The van der Waals surface area contributed by atoms with E-state index in [0.717, 1.165) is 5.56 Å². The molecule has 0 bridgehead atoms. The number of carbonyl (C=O) groups is 4. The average molecular weight is 703 g/mol. The summed E-state index contributed by atoms with van der Waals surface area (Å²) in [5, 5.41) is 5.85. The van der Waals surface area contributed by atoms with Gasteiger partial charge < -0.3 is 24.8 Å². The van der Waals surface area contributed by atoms with E-state index in [2.05, 4.69) is 10.6 Å². The number of rotatable bonds is 12. The summed E-state index contributed by atoms with van der Waals surface area (Å²) >= 11 is 17.1. The van der Waals surface area contributed by atoms with Crippen molar-refractivity contribution in [3.63, 3.8) is 0 Å². The Hall–Kier alpha value is -4.25. The van der Waals surface area contributed by atoms with Crippen molar-refractivity contribution >= 4 is 69.8 Å². The number of esters is 1. The molecule has 0 aliphatic heterocycles. The predicted molar refractivity (Wildman–Crippen MR) is 180 cm³/mol. The number of amides is 2. The van der Waals surface area contributed by atoms with Gasteiger partial charge in [0, 0.05) is 18.0 Å². The number of hydrogen-bond acceptors (Lipinski definition) is 7. The van der Waals surface area contributed by atoms with Crippen LogP contribution in [-0.2, 0) is 27.3 Å². The van der Waals surface area contributed by atoms with E-state index in [4.69, 9.17) is 49.0 Å². The molecule has 10 nitrogen and oxygen atoms in total. The van der Waals surface area contributed by atoms with Crippen LogP contribution in [0.3, 0.4) is 0 Å². The van der Waals surface area contributed by atoms with Crippen molar-refractivity contribution in [1.82, 2.24) is 15.2 Å². The monoisotopic (exact) mass is 701 g/mol. The SMILES string of the molecule is CC(C)C[C@H](NC(=O)OCc1ccccc1)C(=O)n1cc(C[C@H](NC(=O)OCC(Cl)(Cl)Cl)C(=O)Oc2ccccc2)c2ccccc21. The molecule has 2 N–H and O–H groups in total. The number of fused-ring (bicyclic) bond motifs is 1. The van der Waals surface area contributed by atoms with Gasteiger partial charge in [-0.3, -0.25) is 9.36 Å². The summed E-state index contributed by atoms with van der Waals surface area (Å²) < 4.78 is 15.5. The second-order valence-corrected chi connectivity index (χ2v) is 13.6. The van der Waals surface area contributed by atoms with Gasteiger partial charge in [0.1, 0.15) is 31.0 Å².